The second-order valence-corrected chi connectivity index (χ2v) is 9.83. The minimum atomic E-state index is -1.27. The molecule has 2 aromatic rings. The monoisotopic (exact) mass is 406 g/mol. The second-order valence-electron chi connectivity index (χ2n) is 7.72. The van der Waals surface area contributed by atoms with Gasteiger partial charge in [-0.05, 0) is 73.6 Å². The van der Waals surface area contributed by atoms with Crippen molar-refractivity contribution in [1.82, 2.24) is 14.2 Å². The standard InChI is InChI=1S/C19H23FN4OS2/c20-26-24-18(22-19(23-24)27(25)14-7-1-2-8-14)21-17-15-9-3-5-12(15)11-13-6-4-10-16(13)17/h11,14H,1-10H2,(H,21,22,23). The van der Waals surface area contributed by atoms with Gasteiger partial charge in [0.2, 0.25) is 11.1 Å². The maximum atomic E-state index is 13.5. The lowest BCUT2D eigenvalue weighted by Crippen LogP contribution is -2.12. The van der Waals surface area contributed by atoms with Gasteiger partial charge in [0.1, 0.15) is 0 Å². The van der Waals surface area contributed by atoms with Crippen molar-refractivity contribution in [2.24, 2.45) is 0 Å². The van der Waals surface area contributed by atoms with Crippen molar-refractivity contribution < 1.29 is 8.09 Å². The highest BCUT2D eigenvalue weighted by molar-refractivity contribution is 7.92. The molecular weight excluding hydrogens is 383 g/mol. The van der Waals surface area contributed by atoms with Gasteiger partial charge in [-0.15, -0.1) is 13.1 Å². The molecule has 1 atom stereocenters. The summed E-state index contributed by atoms with van der Waals surface area (Å²) in [5, 5.41) is 7.92. The molecule has 0 bridgehead atoms. The molecule has 0 spiro atoms. The van der Waals surface area contributed by atoms with E-state index in [0.717, 1.165) is 74.0 Å². The molecule has 1 saturated carbocycles. The van der Waals surface area contributed by atoms with Gasteiger partial charge in [-0.25, -0.2) is 0 Å². The van der Waals surface area contributed by atoms with Gasteiger partial charge in [0.05, 0.1) is 10.8 Å². The summed E-state index contributed by atoms with van der Waals surface area (Å²) >= 11 is 0.00812. The van der Waals surface area contributed by atoms with Crippen LogP contribution in [0.25, 0.3) is 0 Å². The Morgan fingerprint density at radius 2 is 1.74 bits per heavy atom. The van der Waals surface area contributed by atoms with Crippen LogP contribution in [0, 0.1) is 0 Å². The van der Waals surface area contributed by atoms with Crippen LogP contribution in [0.4, 0.5) is 15.5 Å². The van der Waals surface area contributed by atoms with Crippen LogP contribution in [0.15, 0.2) is 11.2 Å². The quantitative estimate of drug-likeness (QED) is 0.796. The largest absolute Gasteiger partial charge is 0.323 e. The Labute approximate surface area is 165 Å². The summed E-state index contributed by atoms with van der Waals surface area (Å²) in [7, 11) is -1.27. The Bertz CT molecular complexity index is 875. The number of rotatable bonds is 5. The molecule has 1 fully saturated rings. The van der Waals surface area contributed by atoms with Crippen molar-refractivity contribution in [1.29, 1.82) is 0 Å². The van der Waals surface area contributed by atoms with Gasteiger partial charge in [-0.2, -0.15) is 4.98 Å². The number of nitrogens with one attached hydrogen (secondary N) is 1. The highest BCUT2D eigenvalue weighted by atomic mass is 32.2. The number of hydrogen-bond donors (Lipinski definition) is 1. The van der Waals surface area contributed by atoms with Crippen LogP contribution in [0.5, 0.6) is 0 Å². The van der Waals surface area contributed by atoms with Crippen LogP contribution in [0.2, 0.25) is 0 Å². The number of aryl methyl sites for hydroxylation is 2. The Morgan fingerprint density at radius 1 is 1.07 bits per heavy atom. The molecule has 1 aromatic heterocycles. The van der Waals surface area contributed by atoms with Crippen LogP contribution in [0.1, 0.15) is 60.8 Å². The SMILES string of the molecule is O=S(c1nc(Nc2c3c(cc4c2CCC4)CCC3)n(SF)n1)C1CCCC1. The predicted molar refractivity (Wildman–Crippen MR) is 107 cm³/mol. The zero-order valence-electron chi connectivity index (χ0n) is 15.2. The number of fused-ring (bicyclic) bond motifs is 2. The molecule has 0 saturated heterocycles. The lowest BCUT2D eigenvalue weighted by Gasteiger charge is -2.16. The van der Waals surface area contributed by atoms with E-state index >= 15 is 0 Å². The van der Waals surface area contributed by atoms with Gasteiger partial charge < -0.3 is 5.32 Å². The normalized spacial score (nSPS) is 20.0. The first-order chi connectivity index (χ1) is 13.2. The molecule has 1 unspecified atom stereocenters. The molecule has 1 N–H and O–H groups in total. The summed E-state index contributed by atoms with van der Waals surface area (Å²) in [4.78, 5) is 4.45. The Kier molecular flexibility index (Phi) is 4.71. The molecule has 5 rings (SSSR count). The van der Waals surface area contributed by atoms with Crippen molar-refractivity contribution in [3.63, 3.8) is 0 Å². The lowest BCUT2D eigenvalue weighted by atomic mass is 9.99. The first-order valence-corrected chi connectivity index (χ1v) is 11.7. The van der Waals surface area contributed by atoms with Gasteiger partial charge in [0.25, 0.3) is 0 Å². The number of nitrogens with zero attached hydrogens (tertiary/aromatic N) is 3. The van der Waals surface area contributed by atoms with Gasteiger partial charge in [-0.3, -0.25) is 4.21 Å². The first kappa shape index (κ1) is 17.7. The van der Waals surface area contributed by atoms with E-state index in [0.29, 0.717) is 5.95 Å². The molecule has 3 aliphatic rings. The molecule has 3 aliphatic carbocycles. The van der Waals surface area contributed by atoms with Crippen LogP contribution in [-0.4, -0.2) is 23.6 Å². The van der Waals surface area contributed by atoms with Gasteiger partial charge in [-0.1, -0.05) is 18.9 Å². The summed E-state index contributed by atoms with van der Waals surface area (Å²) in [6, 6.07) is 2.37. The van der Waals surface area contributed by atoms with E-state index in [1.165, 1.54) is 22.3 Å². The van der Waals surface area contributed by atoms with Gasteiger partial charge >= 0.3 is 0 Å². The molecule has 27 heavy (non-hydrogen) atoms. The lowest BCUT2D eigenvalue weighted by molar-refractivity contribution is 0.661. The number of hydrogen-bond acceptors (Lipinski definition) is 5. The fourth-order valence-electron chi connectivity index (χ4n) is 4.82. The molecule has 0 aliphatic heterocycles. The third-order valence-electron chi connectivity index (χ3n) is 6.12. The predicted octanol–water partition coefficient (Wildman–Crippen LogP) is 4.43. The summed E-state index contributed by atoms with van der Waals surface area (Å²) < 4.78 is 27.4. The molecule has 8 heteroatoms. The maximum absolute atomic E-state index is 13.5. The molecule has 1 aromatic carbocycles. The van der Waals surface area contributed by atoms with Crippen molar-refractivity contribution in [2.45, 2.75) is 74.6 Å². The fourth-order valence-corrected chi connectivity index (χ4v) is 6.53. The maximum Gasteiger partial charge on any atom is 0.242 e. The Hall–Kier alpha value is -1.41. The van der Waals surface area contributed by atoms with Crippen molar-refractivity contribution in [2.75, 3.05) is 5.32 Å². The summed E-state index contributed by atoms with van der Waals surface area (Å²) in [5.74, 6) is 0.346. The van der Waals surface area contributed by atoms with Gasteiger partial charge in [0, 0.05) is 10.9 Å². The third kappa shape index (κ3) is 3.10. The van der Waals surface area contributed by atoms with Gasteiger partial charge in [0.15, 0.2) is 12.3 Å². The van der Waals surface area contributed by atoms with Crippen molar-refractivity contribution in [3.8, 4) is 0 Å². The Balaban J connectivity index is 1.51. The van der Waals surface area contributed by atoms with E-state index in [1.807, 2.05) is 0 Å². The summed E-state index contributed by atoms with van der Waals surface area (Å²) in [5.41, 5.74) is 6.59. The number of halogens is 1. The molecule has 0 amide bonds. The van der Waals surface area contributed by atoms with E-state index in [9.17, 15) is 8.09 Å². The average molecular weight is 407 g/mol. The topological polar surface area (TPSA) is 59.8 Å². The van der Waals surface area contributed by atoms with Crippen LogP contribution >= 0.6 is 12.3 Å². The summed E-state index contributed by atoms with van der Waals surface area (Å²) in [6.07, 6.45) is 10.7. The smallest absolute Gasteiger partial charge is 0.242 e. The average Bonchev–Trinajstić information content (AvgIpc) is 3.46. The van der Waals surface area contributed by atoms with Crippen LogP contribution in [-0.2, 0) is 36.5 Å². The van der Waals surface area contributed by atoms with E-state index in [-0.39, 0.29) is 22.7 Å². The molecule has 144 valence electrons. The molecular formula is C19H23FN4OS2. The van der Waals surface area contributed by atoms with Crippen LogP contribution < -0.4 is 5.32 Å². The van der Waals surface area contributed by atoms with Crippen molar-refractivity contribution >= 4 is 34.8 Å². The number of benzene rings is 1. The fraction of sp³-hybridized carbons (Fsp3) is 0.579. The molecule has 0 radical (unpaired) electrons. The summed E-state index contributed by atoms with van der Waals surface area (Å²) in [6.45, 7) is 0. The molecule has 1 heterocycles. The highest BCUT2D eigenvalue weighted by Gasteiger charge is 2.29. The minimum absolute atomic E-state index is 0.00812. The zero-order chi connectivity index (χ0) is 18.4. The third-order valence-corrected chi connectivity index (χ3v) is 8.11. The van der Waals surface area contributed by atoms with E-state index in [4.69, 9.17) is 0 Å². The van der Waals surface area contributed by atoms with Crippen LogP contribution in [0.3, 0.4) is 0 Å². The molecule has 5 nitrogen and oxygen atoms in total. The second kappa shape index (κ2) is 7.20. The van der Waals surface area contributed by atoms with E-state index in [1.54, 1.807) is 0 Å². The Morgan fingerprint density at radius 3 is 2.37 bits per heavy atom. The number of aromatic nitrogens is 3. The van der Waals surface area contributed by atoms with E-state index in [2.05, 4.69) is 21.5 Å². The van der Waals surface area contributed by atoms with E-state index < -0.39 is 10.8 Å². The first-order valence-electron chi connectivity index (χ1n) is 9.85. The highest BCUT2D eigenvalue weighted by Crippen LogP contribution is 2.40. The van der Waals surface area contributed by atoms with Crippen molar-refractivity contribution in [3.05, 3.63) is 28.3 Å². The zero-order valence-corrected chi connectivity index (χ0v) is 16.8. The minimum Gasteiger partial charge on any atom is -0.323 e. The number of anilines is 2.